The average Bonchev–Trinajstić information content (AvgIpc) is 2.86. The molecule has 1 fully saturated rings. The van der Waals surface area contributed by atoms with Crippen molar-refractivity contribution in [2.75, 3.05) is 51.1 Å². The molecule has 3 heterocycles. The van der Waals surface area contributed by atoms with Crippen molar-refractivity contribution in [2.45, 2.75) is 45.6 Å². The maximum absolute atomic E-state index is 14.6. The molecule has 202 valence electrons. The van der Waals surface area contributed by atoms with Gasteiger partial charge in [0.05, 0.1) is 12.0 Å². The zero-order valence-corrected chi connectivity index (χ0v) is 22.1. The van der Waals surface area contributed by atoms with Gasteiger partial charge >= 0.3 is 0 Å². The molecular formula is C26H37FN6O4. The Kier molecular flexibility index (Phi) is 7.93. The van der Waals surface area contributed by atoms with Gasteiger partial charge in [-0.3, -0.25) is 19.3 Å². The number of ether oxygens (including phenoxy) is 1. The zero-order valence-electron chi connectivity index (χ0n) is 22.1. The summed E-state index contributed by atoms with van der Waals surface area (Å²) < 4.78 is 20.1. The Morgan fingerprint density at radius 3 is 2.68 bits per heavy atom. The molecule has 10 nitrogen and oxygen atoms in total. The summed E-state index contributed by atoms with van der Waals surface area (Å²) in [4.78, 5) is 44.7. The smallest absolute Gasteiger partial charge is 0.247 e. The molecule has 2 amide bonds. The molecule has 37 heavy (non-hydrogen) atoms. The Balaban J connectivity index is 0.00000400. The maximum Gasteiger partial charge on any atom is 0.247 e. The SMILES string of the molecule is CCC(CC)N1C(=O)C2(CON(C)C(=O)C2)Cc2cnc(Nc3ccc(OCCN(C)C)c(F)c3)nc21.[HH]. The van der Waals surface area contributed by atoms with Gasteiger partial charge in [-0.05, 0) is 45.5 Å². The third-order valence-electron chi connectivity index (χ3n) is 6.94. The summed E-state index contributed by atoms with van der Waals surface area (Å²) >= 11 is 0. The molecule has 1 saturated heterocycles. The minimum atomic E-state index is -0.983. The van der Waals surface area contributed by atoms with Crippen LogP contribution in [0.1, 0.15) is 40.1 Å². The Labute approximate surface area is 218 Å². The van der Waals surface area contributed by atoms with Crippen molar-refractivity contribution in [3.63, 3.8) is 0 Å². The van der Waals surface area contributed by atoms with Gasteiger partial charge in [0.2, 0.25) is 17.8 Å². The highest BCUT2D eigenvalue weighted by atomic mass is 19.1. The molecule has 0 radical (unpaired) electrons. The minimum Gasteiger partial charge on any atom is -0.489 e. The van der Waals surface area contributed by atoms with Gasteiger partial charge in [0.15, 0.2) is 11.6 Å². The first-order valence-electron chi connectivity index (χ1n) is 12.6. The normalized spacial score (nSPS) is 19.7. The van der Waals surface area contributed by atoms with E-state index in [4.69, 9.17) is 9.57 Å². The number of halogens is 1. The lowest BCUT2D eigenvalue weighted by atomic mass is 9.74. The monoisotopic (exact) mass is 516 g/mol. The molecule has 0 aliphatic carbocycles. The van der Waals surface area contributed by atoms with Crippen LogP contribution in [0.15, 0.2) is 24.4 Å². The first-order chi connectivity index (χ1) is 17.7. The summed E-state index contributed by atoms with van der Waals surface area (Å²) in [6.07, 6.45) is 3.50. The van der Waals surface area contributed by atoms with Crippen molar-refractivity contribution in [3.05, 3.63) is 35.8 Å². The van der Waals surface area contributed by atoms with Gasteiger partial charge in [0.25, 0.3) is 0 Å². The molecule has 1 aromatic heterocycles. The molecule has 2 aliphatic rings. The van der Waals surface area contributed by atoms with E-state index in [-0.39, 0.29) is 44.0 Å². The van der Waals surface area contributed by atoms with Crippen LogP contribution in [0.2, 0.25) is 0 Å². The summed E-state index contributed by atoms with van der Waals surface area (Å²) in [5, 5.41) is 4.23. The molecule has 1 spiro atoms. The van der Waals surface area contributed by atoms with Crippen molar-refractivity contribution in [1.29, 1.82) is 0 Å². The summed E-state index contributed by atoms with van der Waals surface area (Å²) in [7, 11) is 5.40. The van der Waals surface area contributed by atoms with E-state index in [0.29, 0.717) is 31.1 Å². The lowest BCUT2D eigenvalue weighted by Crippen LogP contribution is -2.59. The topological polar surface area (TPSA) is 100 Å². The number of nitrogens with one attached hydrogen (secondary N) is 1. The number of carbonyl (C=O) groups is 2. The van der Waals surface area contributed by atoms with Crippen LogP contribution in [0.3, 0.4) is 0 Å². The van der Waals surface area contributed by atoms with Gasteiger partial charge in [-0.15, -0.1) is 0 Å². The molecule has 11 heteroatoms. The summed E-state index contributed by atoms with van der Waals surface area (Å²) in [6.45, 7) is 5.20. The van der Waals surface area contributed by atoms with E-state index < -0.39 is 11.2 Å². The number of amides is 2. The van der Waals surface area contributed by atoms with E-state index in [1.165, 1.54) is 11.1 Å². The Morgan fingerprint density at radius 1 is 1.27 bits per heavy atom. The number of nitrogens with zero attached hydrogens (tertiary/aromatic N) is 5. The van der Waals surface area contributed by atoms with Crippen LogP contribution < -0.4 is 15.0 Å². The summed E-state index contributed by atoms with van der Waals surface area (Å²) in [6, 6.07) is 4.48. The highest BCUT2D eigenvalue weighted by molar-refractivity contribution is 6.03. The fourth-order valence-electron chi connectivity index (χ4n) is 4.73. The number of fused-ring (bicyclic) bond motifs is 1. The molecule has 1 atom stereocenters. The first kappa shape index (κ1) is 26.7. The number of likely N-dealkylation sites (N-methyl/N-ethyl adjacent to an activating group) is 1. The van der Waals surface area contributed by atoms with Crippen LogP contribution in [0.25, 0.3) is 0 Å². The van der Waals surface area contributed by atoms with E-state index >= 15 is 0 Å². The number of benzene rings is 1. The number of rotatable bonds is 9. The van der Waals surface area contributed by atoms with Crippen LogP contribution in [0.5, 0.6) is 5.75 Å². The fourth-order valence-corrected chi connectivity index (χ4v) is 4.73. The second kappa shape index (κ2) is 11.0. The predicted molar refractivity (Wildman–Crippen MR) is 139 cm³/mol. The lowest BCUT2D eigenvalue weighted by Gasteiger charge is -2.46. The molecular weight excluding hydrogens is 479 g/mol. The highest BCUT2D eigenvalue weighted by Gasteiger charge is 2.52. The number of hydroxylamine groups is 2. The minimum absolute atomic E-state index is 0. The number of carbonyl (C=O) groups excluding carboxylic acids is 2. The van der Waals surface area contributed by atoms with Crippen molar-refractivity contribution in [3.8, 4) is 5.75 Å². The number of aromatic nitrogens is 2. The Bertz CT molecular complexity index is 1160. The van der Waals surface area contributed by atoms with Gasteiger partial charge in [0, 0.05) is 51.0 Å². The molecule has 0 saturated carbocycles. The van der Waals surface area contributed by atoms with Crippen molar-refractivity contribution < 1.29 is 25.0 Å². The quantitative estimate of drug-likeness (QED) is 0.541. The van der Waals surface area contributed by atoms with Crippen molar-refractivity contribution >= 4 is 29.3 Å². The standard InChI is InChI=1S/C26H35FN6O4.H2/c1-6-19(7-2)33-23-17(13-26(24(33)35)14-22(34)32(5)37-16-26)15-28-25(30-23)29-18-8-9-21(20(27)12-18)36-11-10-31(3)4;/h8-9,12,15,19H,6-7,10-11,13-14,16H2,1-5H3,(H,28,29,30);1H. The molecule has 1 aromatic carbocycles. The third kappa shape index (κ3) is 5.52. The molecule has 4 rings (SSSR count). The zero-order chi connectivity index (χ0) is 26.7. The maximum atomic E-state index is 14.6. The predicted octanol–water partition coefficient (Wildman–Crippen LogP) is 3.40. The van der Waals surface area contributed by atoms with Crippen LogP contribution in [-0.4, -0.2) is 78.7 Å². The summed E-state index contributed by atoms with van der Waals surface area (Å²) in [5.74, 6) is 0.0361. The molecule has 1 N–H and O–H groups in total. The number of hydrogen-bond donors (Lipinski definition) is 1. The largest absolute Gasteiger partial charge is 0.489 e. The van der Waals surface area contributed by atoms with Crippen molar-refractivity contribution in [1.82, 2.24) is 19.9 Å². The van der Waals surface area contributed by atoms with Gasteiger partial charge in [-0.1, -0.05) is 13.8 Å². The van der Waals surface area contributed by atoms with E-state index in [1.54, 1.807) is 30.3 Å². The third-order valence-corrected chi connectivity index (χ3v) is 6.94. The van der Waals surface area contributed by atoms with Crippen LogP contribution in [0.4, 0.5) is 21.8 Å². The van der Waals surface area contributed by atoms with Crippen LogP contribution in [0, 0.1) is 11.2 Å². The molecule has 0 bridgehead atoms. The first-order valence-corrected chi connectivity index (χ1v) is 12.6. The summed E-state index contributed by atoms with van der Waals surface area (Å²) in [5.41, 5.74) is 0.247. The average molecular weight is 517 g/mol. The van der Waals surface area contributed by atoms with Crippen LogP contribution in [-0.2, 0) is 20.8 Å². The molecule has 2 aliphatic heterocycles. The van der Waals surface area contributed by atoms with Gasteiger partial charge in [0.1, 0.15) is 12.4 Å². The van der Waals surface area contributed by atoms with E-state index in [1.807, 2.05) is 32.8 Å². The van der Waals surface area contributed by atoms with Gasteiger partial charge in [-0.25, -0.2) is 14.4 Å². The highest BCUT2D eigenvalue weighted by Crippen LogP contribution is 2.43. The van der Waals surface area contributed by atoms with Gasteiger partial charge in [-0.2, -0.15) is 4.98 Å². The molecule has 1 unspecified atom stereocenters. The Hall–Kier alpha value is -3.31. The van der Waals surface area contributed by atoms with E-state index in [0.717, 1.165) is 18.4 Å². The van der Waals surface area contributed by atoms with E-state index in [2.05, 4.69) is 15.3 Å². The molecule has 2 aromatic rings. The number of anilines is 3. The van der Waals surface area contributed by atoms with Gasteiger partial charge < -0.3 is 15.0 Å². The van der Waals surface area contributed by atoms with Crippen LogP contribution >= 0.6 is 0 Å². The second-order valence-corrected chi connectivity index (χ2v) is 9.91. The fraction of sp³-hybridized carbons (Fsp3) is 0.538. The second-order valence-electron chi connectivity index (χ2n) is 9.91. The number of hydrogen-bond acceptors (Lipinski definition) is 8. The lowest BCUT2D eigenvalue weighted by molar-refractivity contribution is -0.211. The van der Waals surface area contributed by atoms with Crippen molar-refractivity contribution in [2.24, 2.45) is 5.41 Å². The van der Waals surface area contributed by atoms with E-state index in [9.17, 15) is 14.0 Å². The Morgan fingerprint density at radius 2 is 2.03 bits per heavy atom.